The molecule has 0 radical (unpaired) electrons. The van der Waals surface area contributed by atoms with Crippen molar-refractivity contribution >= 4 is 66.0 Å². The van der Waals surface area contributed by atoms with Gasteiger partial charge in [0, 0.05) is 55.6 Å². The monoisotopic (exact) mass is 947 g/mol. The highest BCUT2D eigenvalue weighted by Gasteiger charge is 2.33. The Kier molecular flexibility index (Phi) is 11.2. The summed E-state index contributed by atoms with van der Waals surface area (Å²) >= 11 is 0. The van der Waals surface area contributed by atoms with E-state index in [1.54, 1.807) is 12.2 Å². The van der Waals surface area contributed by atoms with Crippen LogP contribution in [0, 0.1) is 0 Å². The lowest BCUT2D eigenvalue weighted by Gasteiger charge is -2.31. The van der Waals surface area contributed by atoms with Gasteiger partial charge in [-0.05, 0) is 87.8 Å². The second-order valence-corrected chi connectivity index (χ2v) is 18.8. The molecule has 5 nitrogen and oxygen atoms in total. The highest BCUT2D eigenvalue weighted by molar-refractivity contribution is 6.29. The van der Waals surface area contributed by atoms with Crippen molar-refractivity contribution in [2.24, 2.45) is 0 Å². The maximum atomic E-state index is 5.34. The quantitative estimate of drug-likeness (QED) is 0.121. The Morgan fingerprint density at radius 3 is 1.49 bits per heavy atom. The Hall–Kier alpha value is -9.71. The van der Waals surface area contributed by atoms with Gasteiger partial charge in [0.15, 0.2) is 17.5 Å². The van der Waals surface area contributed by atoms with Crippen LogP contribution in [0.1, 0.15) is 35.1 Å². The summed E-state index contributed by atoms with van der Waals surface area (Å²) in [6.45, 7) is 8.17. The molecule has 0 N–H and O–H groups in total. The van der Waals surface area contributed by atoms with Crippen LogP contribution in [-0.2, 0) is 0 Å². The molecule has 1 atom stereocenters. The molecule has 350 valence electrons. The molecule has 0 aliphatic heterocycles. The zero-order valence-corrected chi connectivity index (χ0v) is 40.7. The van der Waals surface area contributed by atoms with E-state index in [4.69, 9.17) is 15.0 Å². The van der Waals surface area contributed by atoms with Crippen molar-refractivity contribution in [3.8, 4) is 39.3 Å². The molecule has 5 heteroatoms. The Labute approximate surface area is 430 Å². The van der Waals surface area contributed by atoms with Crippen LogP contribution in [0.2, 0.25) is 0 Å². The van der Waals surface area contributed by atoms with Crippen LogP contribution >= 0.6 is 0 Å². The smallest absolute Gasteiger partial charge is 0.164 e. The molecule has 0 bridgehead atoms. The van der Waals surface area contributed by atoms with Crippen LogP contribution in [0.5, 0.6) is 0 Å². The summed E-state index contributed by atoms with van der Waals surface area (Å²) in [5.74, 6) is 1.59. The molecule has 0 spiro atoms. The molecule has 1 aliphatic rings. The SMILES string of the molecule is C=C/C=C(\C=C)c1nc(C2=CC(c3ccc(-c4ccccc4)cc3)=C(n3c4ccccc4c4c5c6ccccc6n(-c6ccccc6)c5ccc43)C(c3ccc(-c4ccccc4)cc3)C2)nc(-c2ccccc2)n1. The van der Waals surface area contributed by atoms with E-state index in [1.807, 2.05) is 36.4 Å². The van der Waals surface area contributed by atoms with Gasteiger partial charge in [0.05, 0.1) is 22.1 Å². The van der Waals surface area contributed by atoms with Gasteiger partial charge in [0.1, 0.15) is 0 Å². The average molecular weight is 948 g/mol. The fourth-order valence-corrected chi connectivity index (χ4v) is 11.1. The molecule has 74 heavy (non-hydrogen) atoms. The van der Waals surface area contributed by atoms with Crippen molar-refractivity contribution in [3.63, 3.8) is 0 Å². The summed E-state index contributed by atoms with van der Waals surface area (Å²) in [6, 6.07) is 82.8. The number of allylic oxidation sites excluding steroid dienone is 8. The molecule has 0 fully saturated rings. The normalized spacial score (nSPS) is 14.0. The summed E-state index contributed by atoms with van der Waals surface area (Å²) in [4.78, 5) is 15.7. The van der Waals surface area contributed by atoms with Gasteiger partial charge >= 0.3 is 0 Å². The number of aromatic nitrogens is 5. The largest absolute Gasteiger partial charge is 0.312 e. The lowest BCUT2D eigenvalue weighted by Crippen LogP contribution is -2.16. The van der Waals surface area contributed by atoms with Crippen LogP contribution in [0.25, 0.3) is 105 Å². The summed E-state index contributed by atoms with van der Waals surface area (Å²) in [5.41, 5.74) is 17.6. The summed E-state index contributed by atoms with van der Waals surface area (Å²) < 4.78 is 4.98. The lowest BCUT2D eigenvalue weighted by atomic mass is 9.79. The van der Waals surface area contributed by atoms with Crippen LogP contribution in [0.4, 0.5) is 0 Å². The molecule has 13 rings (SSSR count). The van der Waals surface area contributed by atoms with E-state index >= 15 is 0 Å². The third kappa shape index (κ3) is 7.70. The van der Waals surface area contributed by atoms with Gasteiger partial charge in [-0.1, -0.05) is 226 Å². The minimum Gasteiger partial charge on any atom is -0.312 e. The predicted molar refractivity (Wildman–Crippen MR) is 310 cm³/mol. The Bertz CT molecular complexity index is 4200. The predicted octanol–water partition coefficient (Wildman–Crippen LogP) is 17.5. The lowest BCUT2D eigenvalue weighted by molar-refractivity contribution is 0.833. The van der Waals surface area contributed by atoms with E-state index in [-0.39, 0.29) is 5.92 Å². The minimum atomic E-state index is -0.160. The van der Waals surface area contributed by atoms with Crippen molar-refractivity contribution in [2.45, 2.75) is 12.3 Å². The third-order valence-corrected chi connectivity index (χ3v) is 14.5. The fourth-order valence-electron chi connectivity index (χ4n) is 11.1. The number of benzene rings is 9. The Morgan fingerprint density at radius 2 is 0.905 bits per heavy atom. The number of hydrogen-bond donors (Lipinski definition) is 0. The fraction of sp³-hybridized carbons (Fsp3) is 0.0290. The summed E-state index contributed by atoms with van der Waals surface area (Å²) in [7, 11) is 0. The van der Waals surface area contributed by atoms with Gasteiger partial charge in [-0.2, -0.15) is 0 Å². The van der Waals surface area contributed by atoms with Gasteiger partial charge in [0.2, 0.25) is 0 Å². The van der Waals surface area contributed by atoms with Crippen molar-refractivity contribution in [2.75, 3.05) is 0 Å². The first-order valence-corrected chi connectivity index (χ1v) is 25.2. The number of nitrogens with zero attached hydrogens (tertiary/aromatic N) is 5. The van der Waals surface area contributed by atoms with E-state index in [9.17, 15) is 0 Å². The Balaban J connectivity index is 1.14. The van der Waals surface area contributed by atoms with Gasteiger partial charge < -0.3 is 9.13 Å². The van der Waals surface area contributed by atoms with Crippen LogP contribution in [-0.4, -0.2) is 24.1 Å². The third-order valence-electron chi connectivity index (χ3n) is 14.5. The van der Waals surface area contributed by atoms with Gasteiger partial charge in [-0.15, -0.1) is 0 Å². The second-order valence-electron chi connectivity index (χ2n) is 18.8. The highest BCUT2D eigenvalue weighted by Crippen LogP contribution is 2.51. The molecule has 1 aliphatic carbocycles. The molecule has 1 unspecified atom stereocenters. The minimum absolute atomic E-state index is 0.160. The topological polar surface area (TPSA) is 48.5 Å². The van der Waals surface area contributed by atoms with Crippen LogP contribution in [0.3, 0.4) is 0 Å². The van der Waals surface area contributed by atoms with Crippen molar-refractivity contribution < 1.29 is 0 Å². The molecule has 12 aromatic rings. The van der Waals surface area contributed by atoms with E-state index in [1.165, 1.54) is 55.0 Å². The van der Waals surface area contributed by atoms with Gasteiger partial charge in [-0.3, -0.25) is 0 Å². The highest BCUT2D eigenvalue weighted by atomic mass is 15.0. The molecule has 0 saturated carbocycles. The van der Waals surface area contributed by atoms with E-state index in [0.29, 0.717) is 23.9 Å². The van der Waals surface area contributed by atoms with E-state index in [2.05, 4.69) is 229 Å². The van der Waals surface area contributed by atoms with E-state index in [0.717, 1.165) is 55.7 Å². The van der Waals surface area contributed by atoms with Crippen LogP contribution in [0.15, 0.2) is 268 Å². The number of rotatable bonds is 11. The van der Waals surface area contributed by atoms with E-state index < -0.39 is 0 Å². The van der Waals surface area contributed by atoms with Gasteiger partial charge in [0.25, 0.3) is 0 Å². The molecule has 0 saturated heterocycles. The maximum Gasteiger partial charge on any atom is 0.164 e. The second kappa shape index (κ2) is 18.8. The molecule has 0 amide bonds. The van der Waals surface area contributed by atoms with Crippen molar-refractivity contribution in [1.82, 2.24) is 24.1 Å². The first kappa shape index (κ1) is 44.2. The number of hydrogen-bond acceptors (Lipinski definition) is 3. The first-order valence-electron chi connectivity index (χ1n) is 25.2. The maximum absolute atomic E-state index is 5.34. The van der Waals surface area contributed by atoms with Crippen molar-refractivity contribution in [3.05, 3.63) is 291 Å². The summed E-state index contributed by atoms with van der Waals surface area (Å²) in [5, 5.41) is 4.88. The molecular formula is C69H49N5. The first-order chi connectivity index (χ1) is 36.6. The summed E-state index contributed by atoms with van der Waals surface area (Å²) in [6.07, 6.45) is 8.41. The average Bonchev–Trinajstić information content (AvgIpc) is 4.00. The van der Waals surface area contributed by atoms with Crippen LogP contribution < -0.4 is 0 Å². The molecule has 3 aromatic heterocycles. The number of para-hydroxylation sites is 3. The number of fused-ring (bicyclic) bond motifs is 7. The zero-order chi connectivity index (χ0) is 49.5. The zero-order valence-electron chi connectivity index (χ0n) is 40.7. The molecular weight excluding hydrogens is 899 g/mol. The standard InChI is InChI=1S/C69H49N5/c1-3-21-46(4-2)67-70-68(53-26-13-7-14-27-53)72-69(71-67)54-44-58(51-38-34-49(35-39-51)47-22-9-5-10-23-47)66(59(45-54)52-40-36-50(37-41-52)48-24-11-6-12-25-48)74-61-33-20-18-31-57(61)65-63(74)43-42-62-64(65)56-30-17-19-32-60(56)73(62)55-28-15-8-16-29-55/h3-44,59H,1-2,45H2/b46-21+. The molecule has 9 aromatic carbocycles. The Morgan fingerprint density at radius 1 is 0.432 bits per heavy atom. The van der Waals surface area contributed by atoms with Gasteiger partial charge in [-0.25, -0.2) is 15.0 Å². The van der Waals surface area contributed by atoms with Crippen molar-refractivity contribution in [1.29, 1.82) is 0 Å². The molecule has 3 heterocycles.